The first-order chi connectivity index (χ1) is 18.8. The number of aromatic nitrogens is 2. The Labute approximate surface area is 228 Å². The average Bonchev–Trinajstić information content (AvgIpc) is 3.21. The second kappa shape index (κ2) is 10.6. The predicted molar refractivity (Wildman–Crippen MR) is 146 cm³/mol. The molecule has 1 aliphatic carbocycles. The van der Waals surface area contributed by atoms with Crippen LogP contribution in [0, 0.1) is 5.92 Å². The number of pyridine rings is 1. The zero-order chi connectivity index (χ0) is 27.7. The van der Waals surface area contributed by atoms with E-state index in [2.05, 4.69) is 27.5 Å². The van der Waals surface area contributed by atoms with Crippen molar-refractivity contribution in [2.24, 2.45) is 5.92 Å². The molecule has 2 amide bonds. The van der Waals surface area contributed by atoms with Gasteiger partial charge in [0.15, 0.2) is 5.13 Å². The van der Waals surface area contributed by atoms with Crippen molar-refractivity contribution in [3.8, 4) is 22.9 Å². The quantitative estimate of drug-likeness (QED) is 0.270. The van der Waals surface area contributed by atoms with E-state index in [-0.39, 0.29) is 23.8 Å². The molecule has 0 spiro atoms. The van der Waals surface area contributed by atoms with E-state index in [9.17, 15) is 14.4 Å². The Hall–Kier alpha value is -4.03. The Morgan fingerprint density at radius 1 is 1.21 bits per heavy atom. The summed E-state index contributed by atoms with van der Waals surface area (Å²) < 4.78 is 16.7. The molecular weight excluding hydrogens is 522 g/mol. The van der Waals surface area contributed by atoms with Crippen LogP contribution in [0.1, 0.15) is 19.8 Å². The number of carbonyl (C=O) groups excluding carboxylic acids is 3. The summed E-state index contributed by atoms with van der Waals surface area (Å²) in [6, 6.07) is 6.79. The van der Waals surface area contributed by atoms with Crippen LogP contribution in [-0.4, -0.2) is 66.2 Å². The number of fused-ring (bicyclic) bond motifs is 1. The first-order valence-corrected chi connectivity index (χ1v) is 13.3. The largest absolute Gasteiger partial charge is 0.497 e. The lowest BCUT2D eigenvalue weighted by molar-refractivity contribution is -0.147. The lowest BCUT2D eigenvalue weighted by atomic mass is 10.1. The first kappa shape index (κ1) is 26.6. The molecule has 1 saturated carbocycles. The van der Waals surface area contributed by atoms with Crippen LogP contribution in [0.25, 0.3) is 22.3 Å². The zero-order valence-corrected chi connectivity index (χ0v) is 22.6. The van der Waals surface area contributed by atoms with Crippen molar-refractivity contribution in [1.82, 2.24) is 20.6 Å². The van der Waals surface area contributed by atoms with Crippen LogP contribution in [0.3, 0.4) is 0 Å². The molecule has 204 valence electrons. The Bertz CT molecular complexity index is 1460. The summed E-state index contributed by atoms with van der Waals surface area (Å²) in [5, 5.41) is 11.8. The van der Waals surface area contributed by atoms with Gasteiger partial charge in [-0.3, -0.25) is 9.59 Å². The van der Waals surface area contributed by atoms with Gasteiger partial charge in [0, 0.05) is 48.7 Å². The van der Waals surface area contributed by atoms with Crippen molar-refractivity contribution < 1.29 is 28.6 Å². The molecule has 4 atom stereocenters. The van der Waals surface area contributed by atoms with Crippen molar-refractivity contribution in [3.05, 3.63) is 42.3 Å². The van der Waals surface area contributed by atoms with Crippen LogP contribution >= 0.6 is 11.3 Å². The molecule has 1 aromatic carbocycles. The van der Waals surface area contributed by atoms with Crippen molar-refractivity contribution in [1.29, 1.82) is 0 Å². The summed E-state index contributed by atoms with van der Waals surface area (Å²) >= 11 is 1.30. The van der Waals surface area contributed by atoms with Gasteiger partial charge in [-0.15, -0.1) is 17.9 Å². The van der Waals surface area contributed by atoms with E-state index in [1.54, 1.807) is 19.3 Å². The molecule has 2 aliphatic rings. The van der Waals surface area contributed by atoms with E-state index in [1.807, 2.05) is 23.6 Å². The maximum Gasteiger partial charge on any atom is 0.332 e. The molecule has 3 heterocycles. The van der Waals surface area contributed by atoms with Crippen LogP contribution in [-0.2, 0) is 19.1 Å². The highest BCUT2D eigenvalue weighted by atomic mass is 32.1. The monoisotopic (exact) mass is 551 g/mol. The minimum Gasteiger partial charge on any atom is -0.497 e. The molecule has 1 aliphatic heterocycles. The van der Waals surface area contributed by atoms with Crippen LogP contribution in [0.15, 0.2) is 42.3 Å². The zero-order valence-electron chi connectivity index (χ0n) is 21.8. The number of methoxy groups -OCH3 is 2. The number of esters is 1. The average molecular weight is 552 g/mol. The van der Waals surface area contributed by atoms with Gasteiger partial charge in [0.25, 0.3) is 0 Å². The molecule has 2 fully saturated rings. The first-order valence-electron chi connectivity index (χ1n) is 12.4. The van der Waals surface area contributed by atoms with E-state index < -0.39 is 17.6 Å². The third kappa shape index (κ3) is 5.30. The lowest BCUT2D eigenvalue weighted by Gasteiger charge is -2.19. The van der Waals surface area contributed by atoms with Gasteiger partial charge in [0.05, 0.1) is 31.5 Å². The summed E-state index contributed by atoms with van der Waals surface area (Å²) in [4.78, 5) is 46.0. The fourth-order valence-corrected chi connectivity index (χ4v) is 5.55. The van der Waals surface area contributed by atoms with Crippen LogP contribution in [0.5, 0.6) is 11.5 Å². The highest BCUT2D eigenvalue weighted by molar-refractivity contribution is 7.14. The summed E-state index contributed by atoms with van der Waals surface area (Å²) in [7, 11) is 2.89. The Kier molecular flexibility index (Phi) is 7.23. The third-order valence-corrected chi connectivity index (χ3v) is 7.68. The van der Waals surface area contributed by atoms with E-state index in [0.29, 0.717) is 52.9 Å². The second-order valence-corrected chi connectivity index (χ2v) is 10.4. The minimum absolute atomic E-state index is 0.155. The minimum atomic E-state index is -1.05. The number of hydrogen-bond acceptors (Lipinski definition) is 10. The number of hydrogen-bond donors (Lipinski definition) is 3. The van der Waals surface area contributed by atoms with Gasteiger partial charge in [-0.2, -0.15) is 0 Å². The van der Waals surface area contributed by atoms with Crippen LogP contribution in [0.4, 0.5) is 5.13 Å². The van der Waals surface area contributed by atoms with Crippen LogP contribution < -0.4 is 25.4 Å². The van der Waals surface area contributed by atoms with Gasteiger partial charge in [0.2, 0.25) is 11.8 Å². The SMILES string of the molecule is C=C[C@H]1C[C@]1(NC(=O)[C@@H]1CC(Oc2cc(-c3csc(NC(C)=O)n3)nc3cc(OC)ccc23)CN1)C(=O)OC. The number of rotatable bonds is 9. The fourth-order valence-electron chi connectivity index (χ4n) is 4.79. The molecule has 39 heavy (non-hydrogen) atoms. The standard InChI is InChI=1S/C27H29N5O6S/c1-5-15-11-27(15,25(35)37-4)32-24(34)21-9-17(12-28-21)38-23-10-20(22-13-39-26(31-22)29-14(2)33)30-19-8-16(36-3)6-7-18(19)23/h5-8,10,13,15,17,21,28H,1,9,11-12H2,2-4H3,(H,32,34)(H,29,31,33)/t15-,17?,21-,27+/m0/s1. The summed E-state index contributed by atoms with van der Waals surface area (Å²) in [6.45, 7) is 5.61. The number of nitrogens with zero attached hydrogens (tertiary/aromatic N) is 2. The highest BCUT2D eigenvalue weighted by Gasteiger charge is 2.61. The van der Waals surface area contributed by atoms with E-state index in [0.717, 1.165) is 5.39 Å². The Morgan fingerprint density at radius 2 is 2.03 bits per heavy atom. The third-order valence-electron chi connectivity index (χ3n) is 6.92. The number of thiazole rings is 1. The lowest BCUT2D eigenvalue weighted by Crippen LogP contribution is -2.51. The van der Waals surface area contributed by atoms with Gasteiger partial charge >= 0.3 is 5.97 Å². The fraction of sp³-hybridized carbons (Fsp3) is 0.370. The number of anilines is 1. The maximum atomic E-state index is 13.0. The Morgan fingerprint density at radius 3 is 2.72 bits per heavy atom. The topological polar surface area (TPSA) is 141 Å². The normalized spacial score (nSPS) is 23.6. The molecule has 3 N–H and O–H groups in total. The molecule has 1 unspecified atom stereocenters. The number of nitrogens with one attached hydrogen (secondary N) is 3. The molecule has 0 radical (unpaired) electrons. The van der Waals surface area contributed by atoms with Crippen molar-refractivity contribution in [3.63, 3.8) is 0 Å². The summed E-state index contributed by atoms with van der Waals surface area (Å²) in [5.74, 6) is 0.113. The second-order valence-electron chi connectivity index (χ2n) is 9.54. The van der Waals surface area contributed by atoms with Gasteiger partial charge in [-0.1, -0.05) is 6.08 Å². The van der Waals surface area contributed by atoms with Crippen molar-refractivity contribution >= 4 is 45.2 Å². The predicted octanol–water partition coefficient (Wildman–Crippen LogP) is 2.67. The smallest absolute Gasteiger partial charge is 0.332 e. The maximum absolute atomic E-state index is 13.0. The van der Waals surface area contributed by atoms with Gasteiger partial charge < -0.3 is 30.2 Å². The van der Waals surface area contributed by atoms with E-state index >= 15 is 0 Å². The summed E-state index contributed by atoms with van der Waals surface area (Å²) in [5.41, 5.74) is 0.769. The van der Waals surface area contributed by atoms with Crippen molar-refractivity contribution in [2.45, 2.75) is 37.5 Å². The number of carbonyl (C=O) groups is 3. The number of amides is 2. The molecule has 1 saturated heterocycles. The van der Waals surface area contributed by atoms with Crippen molar-refractivity contribution in [2.75, 3.05) is 26.1 Å². The number of benzene rings is 1. The van der Waals surface area contributed by atoms with Crippen LogP contribution in [0.2, 0.25) is 0 Å². The molecule has 3 aromatic rings. The molecule has 0 bridgehead atoms. The molecule has 2 aromatic heterocycles. The van der Waals surface area contributed by atoms with E-state index in [1.165, 1.54) is 25.4 Å². The van der Waals surface area contributed by atoms with Gasteiger partial charge in [-0.25, -0.2) is 14.8 Å². The molecular formula is C27H29N5O6S. The van der Waals surface area contributed by atoms with E-state index in [4.69, 9.17) is 19.2 Å². The molecule has 11 nitrogen and oxygen atoms in total. The van der Waals surface area contributed by atoms with Gasteiger partial charge in [-0.05, 0) is 18.6 Å². The molecule has 5 rings (SSSR count). The summed E-state index contributed by atoms with van der Waals surface area (Å²) in [6.07, 6.45) is 2.22. The number of ether oxygens (including phenoxy) is 3. The Balaban J connectivity index is 1.36. The van der Waals surface area contributed by atoms with Gasteiger partial charge in [0.1, 0.15) is 28.8 Å². The molecule has 12 heteroatoms. The highest BCUT2D eigenvalue weighted by Crippen LogP contribution is 2.45.